The highest BCUT2D eigenvalue weighted by Gasteiger charge is 2.48. The molecule has 5 rings (SSSR count). The number of nitrogens with zero attached hydrogens (tertiary/aromatic N) is 2. The first kappa shape index (κ1) is 22.6. The Labute approximate surface area is 196 Å². The van der Waals surface area contributed by atoms with Crippen LogP contribution in [0.1, 0.15) is 48.5 Å². The Morgan fingerprint density at radius 1 is 1.12 bits per heavy atom. The van der Waals surface area contributed by atoms with Gasteiger partial charge in [0, 0.05) is 38.0 Å². The van der Waals surface area contributed by atoms with E-state index >= 15 is 0 Å². The van der Waals surface area contributed by atoms with Crippen molar-refractivity contribution in [3.8, 4) is 11.5 Å². The van der Waals surface area contributed by atoms with Crippen LogP contribution < -0.4 is 14.4 Å². The van der Waals surface area contributed by atoms with Gasteiger partial charge in [0.2, 0.25) is 0 Å². The van der Waals surface area contributed by atoms with Gasteiger partial charge in [0.1, 0.15) is 11.5 Å². The number of rotatable bonds is 4. The maximum absolute atomic E-state index is 13.6. The van der Waals surface area contributed by atoms with Crippen LogP contribution in [0.2, 0.25) is 0 Å². The molecule has 0 aliphatic carbocycles. The molecule has 0 unspecified atom stereocenters. The summed E-state index contributed by atoms with van der Waals surface area (Å²) >= 11 is 0. The van der Waals surface area contributed by atoms with Gasteiger partial charge in [-0.2, -0.15) is 13.2 Å². The third-order valence-corrected chi connectivity index (χ3v) is 6.76. The number of fused-ring (bicyclic) bond motifs is 4. The van der Waals surface area contributed by atoms with Gasteiger partial charge in [-0.1, -0.05) is 25.1 Å². The zero-order chi connectivity index (χ0) is 23.9. The van der Waals surface area contributed by atoms with Crippen molar-refractivity contribution >= 4 is 11.6 Å². The van der Waals surface area contributed by atoms with E-state index in [1.165, 1.54) is 12.1 Å². The lowest BCUT2D eigenvalue weighted by atomic mass is 9.85. The van der Waals surface area contributed by atoms with Crippen LogP contribution in [0.5, 0.6) is 11.5 Å². The summed E-state index contributed by atoms with van der Waals surface area (Å²) in [4.78, 5) is 17.1. The van der Waals surface area contributed by atoms with Gasteiger partial charge in [0.25, 0.3) is 5.91 Å². The Kier molecular flexibility index (Phi) is 5.70. The second kappa shape index (κ2) is 8.56. The molecule has 0 aromatic heterocycles. The highest BCUT2D eigenvalue weighted by Crippen LogP contribution is 2.48. The molecule has 0 radical (unpaired) electrons. The lowest BCUT2D eigenvalue weighted by Crippen LogP contribution is -2.55. The number of anilines is 1. The highest BCUT2D eigenvalue weighted by molar-refractivity contribution is 5.94. The van der Waals surface area contributed by atoms with Crippen LogP contribution >= 0.6 is 0 Å². The molecule has 1 spiro atoms. The highest BCUT2D eigenvalue weighted by atomic mass is 19.4. The number of carbonyl (C=O) groups is 1. The van der Waals surface area contributed by atoms with E-state index in [0.29, 0.717) is 32.4 Å². The molecule has 0 bridgehead atoms. The second-order valence-electron chi connectivity index (χ2n) is 8.94. The van der Waals surface area contributed by atoms with E-state index in [1.807, 2.05) is 31.2 Å². The minimum atomic E-state index is -4.60. The van der Waals surface area contributed by atoms with Gasteiger partial charge >= 0.3 is 6.18 Å². The third-order valence-electron chi connectivity index (χ3n) is 6.76. The number of piperidine rings is 1. The smallest absolute Gasteiger partial charge is 0.419 e. The van der Waals surface area contributed by atoms with Crippen LogP contribution in [-0.4, -0.2) is 42.6 Å². The SMILES string of the molecule is CCCOc1ccc(C(=O)N2CCC3(CC2)Oc2ccccc2N2CCC=C23)cc1C(F)(F)F. The molecule has 2 aromatic rings. The molecule has 3 aliphatic heterocycles. The number of alkyl halides is 3. The molecule has 0 atom stereocenters. The largest absolute Gasteiger partial charge is 0.493 e. The number of halogens is 3. The Hall–Kier alpha value is -3.16. The molecular weight excluding hydrogens is 445 g/mol. The van der Waals surface area contributed by atoms with Crippen molar-refractivity contribution in [1.82, 2.24) is 4.90 Å². The average Bonchev–Trinajstić information content (AvgIpc) is 3.34. The summed E-state index contributed by atoms with van der Waals surface area (Å²) in [7, 11) is 0. The van der Waals surface area contributed by atoms with E-state index in [2.05, 4.69) is 11.0 Å². The molecule has 0 N–H and O–H groups in total. The first-order chi connectivity index (χ1) is 16.3. The van der Waals surface area contributed by atoms with Crippen molar-refractivity contribution in [2.45, 2.75) is 44.4 Å². The van der Waals surface area contributed by atoms with Crippen molar-refractivity contribution < 1.29 is 27.4 Å². The van der Waals surface area contributed by atoms with Crippen LogP contribution in [0.25, 0.3) is 0 Å². The number of hydrogen-bond donors (Lipinski definition) is 0. The maximum Gasteiger partial charge on any atom is 0.419 e. The molecule has 5 nitrogen and oxygen atoms in total. The van der Waals surface area contributed by atoms with E-state index in [4.69, 9.17) is 9.47 Å². The molecule has 3 heterocycles. The predicted molar refractivity (Wildman–Crippen MR) is 122 cm³/mol. The predicted octanol–water partition coefficient (Wildman–Crippen LogP) is 5.66. The second-order valence-corrected chi connectivity index (χ2v) is 8.94. The molecule has 2 aromatic carbocycles. The fourth-order valence-electron chi connectivity index (χ4n) is 5.11. The molecule has 180 valence electrons. The third kappa shape index (κ3) is 3.89. The van der Waals surface area contributed by atoms with Crippen molar-refractivity contribution in [3.63, 3.8) is 0 Å². The van der Waals surface area contributed by atoms with Crippen molar-refractivity contribution in [1.29, 1.82) is 0 Å². The number of ether oxygens (including phenoxy) is 2. The van der Waals surface area contributed by atoms with Crippen LogP contribution in [0.3, 0.4) is 0 Å². The summed E-state index contributed by atoms with van der Waals surface area (Å²) in [6.45, 7) is 3.71. The van der Waals surface area contributed by atoms with E-state index in [9.17, 15) is 18.0 Å². The van der Waals surface area contributed by atoms with Gasteiger partial charge in [-0.15, -0.1) is 0 Å². The van der Waals surface area contributed by atoms with E-state index in [0.717, 1.165) is 36.2 Å². The molecule has 0 saturated carbocycles. The Bertz CT molecular complexity index is 1120. The number of amides is 1. The minimum Gasteiger partial charge on any atom is -0.493 e. The van der Waals surface area contributed by atoms with Gasteiger partial charge in [0.15, 0.2) is 5.60 Å². The molecular formula is C26H27F3N2O3. The topological polar surface area (TPSA) is 42.0 Å². The van der Waals surface area contributed by atoms with Crippen molar-refractivity contribution in [2.75, 3.05) is 31.1 Å². The molecule has 8 heteroatoms. The van der Waals surface area contributed by atoms with Gasteiger partial charge < -0.3 is 19.3 Å². The molecule has 1 fully saturated rings. The molecule has 3 aliphatic rings. The Morgan fingerprint density at radius 3 is 2.62 bits per heavy atom. The van der Waals surface area contributed by atoms with Crippen LogP contribution in [0.15, 0.2) is 54.2 Å². The first-order valence-electron chi connectivity index (χ1n) is 11.7. The number of benzene rings is 2. The lowest BCUT2D eigenvalue weighted by molar-refractivity contribution is -0.139. The van der Waals surface area contributed by atoms with Crippen molar-refractivity contribution in [2.24, 2.45) is 0 Å². The normalized spacial score (nSPS) is 18.8. The van der Waals surface area contributed by atoms with E-state index in [1.54, 1.807) is 4.90 Å². The summed E-state index contributed by atoms with van der Waals surface area (Å²) in [5, 5.41) is 0. The van der Waals surface area contributed by atoms with Gasteiger partial charge in [-0.05, 0) is 43.2 Å². The van der Waals surface area contributed by atoms with Crippen molar-refractivity contribution in [3.05, 3.63) is 65.4 Å². The van der Waals surface area contributed by atoms with E-state index in [-0.39, 0.29) is 17.9 Å². The van der Waals surface area contributed by atoms with Crippen LogP contribution in [0, 0.1) is 0 Å². The summed E-state index contributed by atoms with van der Waals surface area (Å²) in [5.41, 5.74) is 0.773. The summed E-state index contributed by atoms with van der Waals surface area (Å²) < 4.78 is 52.6. The summed E-state index contributed by atoms with van der Waals surface area (Å²) in [5.74, 6) is 0.181. The maximum atomic E-state index is 13.6. The number of carbonyl (C=O) groups excluding carboxylic acids is 1. The molecule has 1 amide bonds. The average molecular weight is 473 g/mol. The first-order valence-corrected chi connectivity index (χ1v) is 11.7. The monoisotopic (exact) mass is 472 g/mol. The number of likely N-dealkylation sites (tertiary alicyclic amines) is 1. The fraction of sp³-hybridized carbons (Fsp3) is 0.423. The fourth-order valence-corrected chi connectivity index (χ4v) is 5.11. The minimum absolute atomic E-state index is 0.0174. The lowest BCUT2D eigenvalue weighted by Gasteiger charge is -2.48. The van der Waals surface area contributed by atoms with Crippen LogP contribution in [-0.2, 0) is 6.18 Å². The zero-order valence-electron chi connectivity index (χ0n) is 19.0. The summed E-state index contributed by atoms with van der Waals surface area (Å²) in [6.07, 6.45) is 0.293. The molecule has 34 heavy (non-hydrogen) atoms. The Morgan fingerprint density at radius 2 is 1.88 bits per heavy atom. The van der Waals surface area contributed by atoms with Gasteiger partial charge in [0.05, 0.1) is 23.6 Å². The summed E-state index contributed by atoms with van der Waals surface area (Å²) in [6, 6.07) is 11.5. The van der Waals surface area contributed by atoms with Crippen LogP contribution in [0.4, 0.5) is 18.9 Å². The Balaban J connectivity index is 1.35. The van der Waals surface area contributed by atoms with Gasteiger partial charge in [-0.3, -0.25) is 4.79 Å². The quantitative estimate of drug-likeness (QED) is 0.576. The van der Waals surface area contributed by atoms with Gasteiger partial charge in [-0.25, -0.2) is 0 Å². The van der Waals surface area contributed by atoms with E-state index < -0.39 is 23.2 Å². The molecule has 1 saturated heterocycles. The number of para-hydroxylation sites is 2. The zero-order valence-corrected chi connectivity index (χ0v) is 19.0. The standard InChI is InChI=1S/C26H27F3N2O3/c1-2-16-33-21-10-9-18(17-19(21)26(27,28)29)24(32)30-14-11-25(12-15-30)23-8-5-13-31(23)20-6-3-4-7-22(20)34-25/h3-4,6-10,17H,2,5,11-16H2,1H3. The number of hydrogen-bond acceptors (Lipinski definition) is 4.